The lowest BCUT2D eigenvalue weighted by Crippen LogP contribution is -2.52. The highest BCUT2D eigenvalue weighted by Gasteiger charge is 2.19. The van der Waals surface area contributed by atoms with Crippen LogP contribution in [-0.2, 0) is 0 Å². The van der Waals surface area contributed by atoms with Gasteiger partial charge in [-0.05, 0) is 44.6 Å². The molecule has 140 valence electrons. The molecule has 5 nitrogen and oxygen atoms in total. The summed E-state index contributed by atoms with van der Waals surface area (Å²) >= 11 is 0. The van der Waals surface area contributed by atoms with Gasteiger partial charge in [0.25, 0.3) is 0 Å². The van der Waals surface area contributed by atoms with E-state index in [0.29, 0.717) is 0 Å². The van der Waals surface area contributed by atoms with E-state index in [0.717, 1.165) is 51.8 Å². The normalized spacial score (nSPS) is 15.8. The van der Waals surface area contributed by atoms with Crippen LogP contribution in [-0.4, -0.2) is 75.2 Å². The number of piperazine rings is 1. The molecule has 0 bridgehead atoms. The Morgan fingerprint density at radius 3 is 2.32 bits per heavy atom. The second-order valence-corrected chi connectivity index (χ2v) is 6.52. The maximum atomic E-state index is 4.48. The van der Waals surface area contributed by atoms with Gasteiger partial charge in [-0.2, -0.15) is 0 Å². The van der Waals surface area contributed by atoms with Crippen molar-refractivity contribution in [2.45, 2.75) is 26.7 Å². The third-order valence-corrected chi connectivity index (χ3v) is 4.99. The topological polar surface area (TPSA) is 34.1 Å². The number of nitrogens with zero attached hydrogens (tertiary/aromatic N) is 4. The molecule has 0 atom stereocenters. The molecular formula is C20H35N5. The van der Waals surface area contributed by atoms with Crippen LogP contribution in [0, 0.1) is 0 Å². The van der Waals surface area contributed by atoms with Gasteiger partial charge in [0, 0.05) is 45.5 Å². The van der Waals surface area contributed by atoms with Crippen molar-refractivity contribution in [2.24, 2.45) is 4.99 Å². The predicted molar refractivity (Wildman–Crippen MR) is 109 cm³/mol. The van der Waals surface area contributed by atoms with E-state index in [1.807, 2.05) is 7.05 Å². The van der Waals surface area contributed by atoms with Crippen molar-refractivity contribution in [3.63, 3.8) is 0 Å². The minimum Gasteiger partial charge on any atom is -0.368 e. The smallest absolute Gasteiger partial charge is 0.193 e. The number of guanidine groups is 1. The molecule has 1 aromatic carbocycles. The highest BCUT2D eigenvalue weighted by molar-refractivity contribution is 5.80. The monoisotopic (exact) mass is 345 g/mol. The van der Waals surface area contributed by atoms with Gasteiger partial charge < -0.3 is 20.0 Å². The lowest BCUT2D eigenvalue weighted by atomic mass is 10.2. The minimum atomic E-state index is 1.01. The van der Waals surface area contributed by atoms with Crippen molar-refractivity contribution in [3.8, 4) is 0 Å². The summed E-state index contributed by atoms with van der Waals surface area (Å²) in [4.78, 5) is 11.8. The molecule has 1 saturated heterocycles. The molecule has 1 N–H and O–H groups in total. The Labute approximate surface area is 153 Å². The van der Waals surface area contributed by atoms with Crippen LogP contribution in [0.3, 0.4) is 0 Å². The second-order valence-electron chi connectivity index (χ2n) is 6.52. The second kappa shape index (κ2) is 11.0. The summed E-state index contributed by atoms with van der Waals surface area (Å²) in [5.41, 5.74) is 1.32. The Hall–Kier alpha value is -1.75. The van der Waals surface area contributed by atoms with Crippen molar-refractivity contribution in [2.75, 3.05) is 64.3 Å². The largest absolute Gasteiger partial charge is 0.368 e. The molecule has 0 saturated carbocycles. The van der Waals surface area contributed by atoms with Crippen LogP contribution < -0.4 is 10.2 Å². The Morgan fingerprint density at radius 1 is 1.04 bits per heavy atom. The zero-order chi connectivity index (χ0) is 17.9. The van der Waals surface area contributed by atoms with Crippen LogP contribution in [0.15, 0.2) is 35.3 Å². The molecule has 0 aromatic heterocycles. The van der Waals surface area contributed by atoms with Gasteiger partial charge in [-0.1, -0.05) is 32.0 Å². The number of nitrogens with one attached hydrogen (secondary N) is 1. The van der Waals surface area contributed by atoms with Gasteiger partial charge >= 0.3 is 0 Å². The molecule has 0 radical (unpaired) electrons. The molecule has 0 unspecified atom stereocenters. The highest BCUT2D eigenvalue weighted by atomic mass is 15.3. The zero-order valence-electron chi connectivity index (χ0n) is 16.2. The Balaban J connectivity index is 1.68. The van der Waals surface area contributed by atoms with Crippen molar-refractivity contribution < 1.29 is 0 Å². The Kier molecular flexibility index (Phi) is 8.60. The molecule has 0 amide bonds. The molecule has 1 heterocycles. The van der Waals surface area contributed by atoms with Crippen LogP contribution in [0.5, 0.6) is 0 Å². The summed E-state index contributed by atoms with van der Waals surface area (Å²) < 4.78 is 0. The highest BCUT2D eigenvalue weighted by Crippen LogP contribution is 2.15. The fourth-order valence-electron chi connectivity index (χ4n) is 3.35. The molecular weight excluding hydrogens is 310 g/mol. The first-order valence-electron chi connectivity index (χ1n) is 9.76. The molecule has 2 rings (SSSR count). The molecule has 0 aliphatic carbocycles. The summed E-state index contributed by atoms with van der Waals surface area (Å²) in [5.74, 6) is 1.05. The average molecular weight is 346 g/mol. The van der Waals surface area contributed by atoms with E-state index in [1.165, 1.54) is 25.1 Å². The predicted octanol–water partition coefficient (Wildman–Crippen LogP) is 2.51. The van der Waals surface area contributed by atoms with Gasteiger partial charge in [0.05, 0.1) is 0 Å². The Bertz CT molecular complexity index is 490. The third kappa shape index (κ3) is 6.24. The fraction of sp³-hybridized carbons (Fsp3) is 0.650. The van der Waals surface area contributed by atoms with Gasteiger partial charge in [0.15, 0.2) is 5.96 Å². The molecule has 25 heavy (non-hydrogen) atoms. The summed E-state index contributed by atoms with van der Waals surface area (Å²) in [6.07, 6.45) is 2.44. The first kappa shape index (κ1) is 19.6. The maximum Gasteiger partial charge on any atom is 0.193 e. The molecule has 5 heteroatoms. The molecule has 1 aromatic rings. The average Bonchev–Trinajstić information content (AvgIpc) is 2.68. The van der Waals surface area contributed by atoms with Crippen LogP contribution in [0.4, 0.5) is 5.69 Å². The van der Waals surface area contributed by atoms with Gasteiger partial charge in [0.1, 0.15) is 0 Å². The van der Waals surface area contributed by atoms with E-state index in [-0.39, 0.29) is 0 Å². The van der Waals surface area contributed by atoms with E-state index in [2.05, 4.69) is 69.2 Å². The molecule has 0 spiro atoms. The van der Waals surface area contributed by atoms with Crippen molar-refractivity contribution in [3.05, 3.63) is 30.3 Å². The van der Waals surface area contributed by atoms with E-state index in [4.69, 9.17) is 0 Å². The molecule has 1 aliphatic rings. The van der Waals surface area contributed by atoms with Crippen LogP contribution in [0.25, 0.3) is 0 Å². The number of para-hydroxylation sites is 1. The van der Waals surface area contributed by atoms with Crippen molar-refractivity contribution in [1.29, 1.82) is 0 Å². The number of benzene rings is 1. The maximum absolute atomic E-state index is 4.48. The standard InChI is InChI=1S/C20H35N5/c1-4-23(5-2)14-10-9-13-22-20(21-3)25-17-15-24(16-18-25)19-11-7-6-8-12-19/h6-8,11-12H,4-5,9-10,13-18H2,1-3H3,(H,21,22). The third-order valence-electron chi connectivity index (χ3n) is 4.99. The van der Waals surface area contributed by atoms with Gasteiger partial charge in [0.2, 0.25) is 0 Å². The molecule has 1 aliphatic heterocycles. The first-order valence-corrected chi connectivity index (χ1v) is 9.76. The number of rotatable bonds is 8. The number of aliphatic imine (C=N–C) groups is 1. The van der Waals surface area contributed by atoms with Gasteiger partial charge in [-0.3, -0.25) is 4.99 Å². The number of hydrogen-bond acceptors (Lipinski definition) is 3. The van der Waals surface area contributed by atoms with Crippen molar-refractivity contribution >= 4 is 11.6 Å². The summed E-state index contributed by atoms with van der Waals surface area (Å²) in [6.45, 7) is 13.1. The van der Waals surface area contributed by atoms with Crippen molar-refractivity contribution in [1.82, 2.24) is 15.1 Å². The summed E-state index contributed by atoms with van der Waals surface area (Å²) in [6, 6.07) is 10.7. The zero-order valence-corrected chi connectivity index (χ0v) is 16.2. The first-order chi connectivity index (χ1) is 12.3. The van der Waals surface area contributed by atoms with E-state index < -0.39 is 0 Å². The number of unbranched alkanes of at least 4 members (excludes halogenated alkanes) is 1. The minimum absolute atomic E-state index is 1.01. The fourth-order valence-corrected chi connectivity index (χ4v) is 3.35. The van der Waals surface area contributed by atoms with E-state index in [9.17, 15) is 0 Å². The van der Waals surface area contributed by atoms with E-state index >= 15 is 0 Å². The van der Waals surface area contributed by atoms with Crippen LogP contribution >= 0.6 is 0 Å². The van der Waals surface area contributed by atoms with Crippen LogP contribution in [0.2, 0.25) is 0 Å². The number of hydrogen-bond donors (Lipinski definition) is 1. The number of anilines is 1. The molecule has 1 fully saturated rings. The van der Waals surface area contributed by atoms with E-state index in [1.54, 1.807) is 0 Å². The van der Waals surface area contributed by atoms with Gasteiger partial charge in [-0.25, -0.2) is 0 Å². The summed E-state index contributed by atoms with van der Waals surface area (Å²) in [5, 5.41) is 3.54. The quantitative estimate of drug-likeness (QED) is 0.446. The lowest BCUT2D eigenvalue weighted by Gasteiger charge is -2.37. The summed E-state index contributed by atoms with van der Waals surface area (Å²) in [7, 11) is 1.89. The lowest BCUT2D eigenvalue weighted by molar-refractivity contribution is 0.296. The SMILES string of the molecule is CCN(CC)CCCCNC(=NC)N1CCN(c2ccccc2)CC1. The van der Waals surface area contributed by atoms with Crippen LogP contribution in [0.1, 0.15) is 26.7 Å². The van der Waals surface area contributed by atoms with Gasteiger partial charge in [-0.15, -0.1) is 0 Å². The Morgan fingerprint density at radius 2 is 1.72 bits per heavy atom.